The Balaban J connectivity index is 1.50. The highest BCUT2D eigenvalue weighted by molar-refractivity contribution is 8.01. The molecule has 5 nitrogen and oxygen atoms in total. The third kappa shape index (κ3) is 4.62. The van der Waals surface area contributed by atoms with Crippen LogP contribution in [0.4, 0.5) is 5.69 Å². The Bertz CT molecular complexity index is 906. The Labute approximate surface area is 159 Å². The van der Waals surface area contributed by atoms with Crippen LogP contribution in [-0.4, -0.2) is 28.7 Å². The highest BCUT2D eigenvalue weighted by atomic mass is 32.2. The van der Waals surface area contributed by atoms with Crippen LogP contribution in [0, 0.1) is 6.92 Å². The molecule has 1 aromatic heterocycles. The summed E-state index contributed by atoms with van der Waals surface area (Å²) in [5, 5.41) is 2.77. The van der Waals surface area contributed by atoms with Crippen molar-refractivity contribution in [3.05, 3.63) is 54.1 Å². The molecule has 0 bridgehead atoms. The lowest BCUT2D eigenvalue weighted by atomic mass is 10.2. The van der Waals surface area contributed by atoms with E-state index in [-0.39, 0.29) is 11.7 Å². The van der Waals surface area contributed by atoms with Gasteiger partial charge in [0.25, 0.3) is 5.91 Å². The van der Waals surface area contributed by atoms with E-state index in [2.05, 4.69) is 10.3 Å². The molecule has 1 atom stereocenters. The van der Waals surface area contributed by atoms with E-state index in [9.17, 15) is 9.59 Å². The second-order valence-corrected chi connectivity index (χ2v) is 7.93. The normalized spacial score (nSPS) is 11.9. The summed E-state index contributed by atoms with van der Waals surface area (Å²) in [6, 6.07) is 15.3. The van der Waals surface area contributed by atoms with E-state index in [1.807, 2.05) is 55.5 Å². The van der Waals surface area contributed by atoms with Crippen LogP contribution in [0.1, 0.15) is 12.5 Å². The molecular weight excluding hydrogens is 368 g/mol. The van der Waals surface area contributed by atoms with Crippen molar-refractivity contribution in [2.45, 2.75) is 24.3 Å². The largest absolute Gasteiger partial charge is 0.452 e. The van der Waals surface area contributed by atoms with Crippen LogP contribution in [-0.2, 0) is 14.3 Å². The number of rotatable bonds is 6. The van der Waals surface area contributed by atoms with Gasteiger partial charge in [-0.3, -0.25) is 9.59 Å². The maximum absolute atomic E-state index is 12.2. The molecule has 134 valence electrons. The number of nitrogens with one attached hydrogen (secondary N) is 1. The third-order valence-corrected chi connectivity index (χ3v) is 5.82. The molecule has 0 spiro atoms. The monoisotopic (exact) mass is 386 g/mol. The molecule has 3 rings (SSSR count). The van der Waals surface area contributed by atoms with E-state index >= 15 is 0 Å². The Kier molecular flexibility index (Phi) is 5.90. The molecular formula is C19H18N2O3S2. The van der Waals surface area contributed by atoms with Crippen LogP contribution in [0.2, 0.25) is 0 Å². The fraction of sp³-hybridized carbons (Fsp3) is 0.211. The molecule has 0 aliphatic rings. The van der Waals surface area contributed by atoms with E-state index in [0.29, 0.717) is 5.69 Å². The number of ether oxygens (including phenoxy) is 1. The van der Waals surface area contributed by atoms with Crippen LogP contribution in [0.3, 0.4) is 0 Å². The van der Waals surface area contributed by atoms with Crippen LogP contribution in [0.5, 0.6) is 0 Å². The molecule has 0 fully saturated rings. The number of thioether (sulfide) groups is 1. The number of esters is 1. The van der Waals surface area contributed by atoms with Gasteiger partial charge in [0.05, 0.1) is 16.0 Å². The number of aryl methyl sites for hydroxylation is 1. The first-order chi connectivity index (χ1) is 12.5. The minimum atomic E-state index is -0.863. The maximum Gasteiger partial charge on any atom is 0.317 e. The molecule has 0 aliphatic heterocycles. The second-order valence-electron chi connectivity index (χ2n) is 5.67. The molecule has 1 N–H and O–H groups in total. The number of amides is 1. The molecule has 0 saturated carbocycles. The number of benzene rings is 2. The zero-order valence-corrected chi connectivity index (χ0v) is 16.0. The summed E-state index contributed by atoms with van der Waals surface area (Å²) in [7, 11) is 0. The van der Waals surface area contributed by atoms with Crippen molar-refractivity contribution in [3.8, 4) is 0 Å². The van der Waals surface area contributed by atoms with E-state index < -0.39 is 12.1 Å². The Morgan fingerprint density at radius 3 is 2.69 bits per heavy atom. The highest BCUT2D eigenvalue weighted by Gasteiger charge is 2.19. The molecule has 3 aromatic rings. The van der Waals surface area contributed by atoms with E-state index in [1.165, 1.54) is 23.1 Å². The number of aromatic nitrogens is 1. The zero-order valence-electron chi connectivity index (χ0n) is 14.4. The van der Waals surface area contributed by atoms with Crippen molar-refractivity contribution in [1.82, 2.24) is 4.98 Å². The molecule has 1 unspecified atom stereocenters. The second kappa shape index (κ2) is 8.33. The van der Waals surface area contributed by atoms with Crippen LogP contribution < -0.4 is 5.32 Å². The van der Waals surface area contributed by atoms with Gasteiger partial charge < -0.3 is 10.1 Å². The van der Waals surface area contributed by atoms with Crippen LogP contribution >= 0.6 is 23.1 Å². The summed E-state index contributed by atoms with van der Waals surface area (Å²) in [6.45, 7) is 3.47. The fourth-order valence-electron chi connectivity index (χ4n) is 2.27. The topological polar surface area (TPSA) is 68.3 Å². The standard InChI is InChI=1S/C19H18N2O3S2/c1-12-7-3-4-8-14(12)20-18(23)13(2)24-17(22)11-25-19-21-15-9-5-6-10-16(15)26-19/h3-10,13H,11H2,1-2H3,(H,20,23). The van der Waals surface area contributed by atoms with Gasteiger partial charge in [0, 0.05) is 5.69 Å². The summed E-state index contributed by atoms with van der Waals surface area (Å²) in [5.74, 6) is -0.679. The summed E-state index contributed by atoms with van der Waals surface area (Å²) in [4.78, 5) is 28.7. The van der Waals surface area contributed by atoms with Crippen molar-refractivity contribution < 1.29 is 14.3 Å². The quantitative estimate of drug-likeness (QED) is 0.506. The summed E-state index contributed by atoms with van der Waals surface area (Å²) >= 11 is 2.85. The lowest BCUT2D eigenvalue weighted by Gasteiger charge is -2.14. The van der Waals surface area contributed by atoms with Gasteiger partial charge in [-0.15, -0.1) is 11.3 Å². The first-order valence-corrected chi connectivity index (χ1v) is 9.87. The van der Waals surface area contributed by atoms with Crippen LogP contribution in [0.25, 0.3) is 10.2 Å². The number of carbonyl (C=O) groups excluding carboxylic acids is 2. The number of fused-ring (bicyclic) bond motifs is 1. The minimum Gasteiger partial charge on any atom is -0.452 e. The SMILES string of the molecule is Cc1ccccc1NC(=O)C(C)OC(=O)CSc1nc2ccccc2s1. The summed E-state index contributed by atoms with van der Waals surface area (Å²) < 4.78 is 7.11. The Hall–Kier alpha value is -2.38. The van der Waals surface area contributed by atoms with Gasteiger partial charge in [0.15, 0.2) is 10.4 Å². The van der Waals surface area contributed by atoms with Gasteiger partial charge in [-0.05, 0) is 37.6 Å². The third-order valence-electron chi connectivity index (χ3n) is 3.67. The maximum atomic E-state index is 12.2. The smallest absolute Gasteiger partial charge is 0.317 e. The van der Waals surface area contributed by atoms with Gasteiger partial charge in [-0.2, -0.15) is 0 Å². The lowest BCUT2D eigenvalue weighted by molar-refractivity contribution is -0.150. The number of thiazole rings is 1. The van der Waals surface area contributed by atoms with E-state index in [1.54, 1.807) is 6.92 Å². The number of anilines is 1. The number of nitrogens with zero attached hydrogens (tertiary/aromatic N) is 1. The first-order valence-electron chi connectivity index (χ1n) is 8.07. The van der Waals surface area contributed by atoms with Crippen molar-refractivity contribution in [2.24, 2.45) is 0 Å². The molecule has 7 heteroatoms. The molecule has 1 amide bonds. The zero-order chi connectivity index (χ0) is 18.5. The highest BCUT2D eigenvalue weighted by Crippen LogP contribution is 2.29. The average Bonchev–Trinajstić information content (AvgIpc) is 3.05. The lowest BCUT2D eigenvalue weighted by Crippen LogP contribution is -2.30. The van der Waals surface area contributed by atoms with E-state index in [4.69, 9.17) is 4.74 Å². The summed E-state index contributed by atoms with van der Waals surface area (Å²) in [5.41, 5.74) is 2.58. The Morgan fingerprint density at radius 2 is 1.92 bits per heavy atom. The Morgan fingerprint density at radius 1 is 1.19 bits per heavy atom. The first kappa shape index (κ1) is 18.4. The van der Waals surface area contributed by atoms with Crippen molar-refractivity contribution >= 4 is 50.9 Å². The van der Waals surface area contributed by atoms with Gasteiger partial charge in [0.2, 0.25) is 0 Å². The van der Waals surface area contributed by atoms with Crippen molar-refractivity contribution in [3.63, 3.8) is 0 Å². The van der Waals surface area contributed by atoms with Crippen molar-refractivity contribution in [1.29, 1.82) is 0 Å². The summed E-state index contributed by atoms with van der Waals surface area (Å²) in [6.07, 6.45) is -0.863. The predicted molar refractivity (Wildman–Crippen MR) is 106 cm³/mol. The van der Waals surface area contributed by atoms with E-state index in [0.717, 1.165) is 20.1 Å². The van der Waals surface area contributed by atoms with Gasteiger partial charge in [-0.25, -0.2) is 4.98 Å². The van der Waals surface area contributed by atoms with Gasteiger partial charge >= 0.3 is 5.97 Å². The van der Waals surface area contributed by atoms with Crippen molar-refractivity contribution in [2.75, 3.05) is 11.1 Å². The number of carbonyl (C=O) groups is 2. The number of hydrogen-bond acceptors (Lipinski definition) is 6. The number of hydrogen-bond donors (Lipinski definition) is 1. The van der Waals surface area contributed by atoms with Crippen LogP contribution in [0.15, 0.2) is 52.9 Å². The fourth-order valence-corrected chi connectivity index (χ4v) is 4.12. The van der Waals surface area contributed by atoms with Gasteiger partial charge in [-0.1, -0.05) is 42.1 Å². The predicted octanol–water partition coefficient (Wildman–Crippen LogP) is 4.27. The van der Waals surface area contributed by atoms with Gasteiger partial charge in [0.1, 0.15) is 0 Å². The molecule has 0 aliphatic carbocycles. The average molecular weight is 386 g/mol. The number of para-hydroxylation sites is 2. The molecule has 0 saturated heterocycles. The molecule has 26 heavy (non-hydrogen) atoms. The molecule has 0 radical (unpaired) electrons. The molecule has 1 heterocycles. The molecule has 2 aromatic carbocycles. The minimum absolute atomic E-state index is 0.113.